The normalized spacial score (nSPS) is 16.0. The summed E-state index contributed by atoms with van der Waals surface area (Å²) in [7, 11) is 1.50. The average molecular weight is 416 g/mol. The highest BCUT2D eigenvalue weighted by molar-refractivity contribution is 7.98. The van der Waals surface area contributed by atoms with Gasteiger partial charge in [-0.15, -0.1) is 23.1 Å². The van der Waals surface area contributed by atoms with Crippen LogP contribution in [-0.4, -0.2) is 54.4 Å². The number of aryl methyl sites for hydroxylation is 1. The average Bonchev–Trinajstić information content (AvgIpc) is 3.14. The Kier molecular flexibility index (Phi) is 7.29. The lowest BCUT2D eigenvalue weighted by molar-refractivity contribution is 0.198. The van der Waals surface area contributed by atoms with E-state index < -0.39 is 0 Å². The van der Waals surface area contributed by atoms with Gasteiger partial charge in [0, 0.05) is 43.3 Å². The van der Waals surface area contributed by atoms with E-state index in [-0.39, 0.29) is 0 Å². The number of rotatable bonds is 4. The summed E-state index contributed by atoms with van der Waals surface area (Å²) >= 11 is 3.50. The van der Waals surface area contributed by atoms with Crippen LogP contribution >= 0.6 is 23.1 Å². The number of hydrogen-bond acceptors (Lipinski definition) is 7. The van der Waals surface area contributed by atoms with Crippen LogP contribution in [0, 0.1) is 6.92 Å². The summed E-state index contributed by atoms with van der Waals surface area (Å²) < 4.78 is 1.28. The van der Waals surface area contributed by atoms with E-state index in [1.54, 1.807) is 23.1 Å². The number of fused-ring (bicyclic) bond motifs is 1. The first kappa shape index (κ1) is 21.0. The summed E-state index contributed by atoms with van der Waals surface area (Å²) in [5.41, 5.74) is 6.99. The first-order valence-electron chi connectivity index (χ1n) is 9.58. The smallest absolute Gasteiger partial charge is 0.128 e. The van der Waals surface area contributed by atoms with Crippen molar-refractivity contribution < 1.29 is 0 Å². The molecule has 2 N–H and O–H groups in total. The molecule has 0 radical (unpaired) electrons. The highest BCUT2D eigenvalue weighted by Gasteiger charge is 2.23. The van der Waals surface area contributed by atoms with Crippen molar-refractivity contribution in [3.05, 3.63) is 47.1 Å². The van der Waals surface area contributed by atoms with Crippen molar-refractivity contribution in [1.82, 2.24) is 14.9 Å². The van der Waals surface area contributed by atoms with Crippen LogP contribution in [0.3, 0.4) is 0 Å². The monoisotopic (exact) mass is 415 g/mol. The summed E-state index contributed by atoms with van der Waals surface area (Å²) in [6.07, 6.45) is 4.06. The fourth-order valence-corrected chi connectivity index (χ4v) is 4.72. The molecule has 4 rings (SSSR count). The second-order valence-electron chi connectivity index (χ2n) is 6.72. The van der Waals surface area contributed by atoms with Crippen molar-refractivity contribution in [2.45, 2.75) is 24.8 Å². The zero-order chi connectivity index (χ0) is 20.1. The third kappa shape index (κ3) is 4.66. The lowest BCUT2D eigenvalue weighted by atomic mass is 10.1. The molecule has 1 aromatic carbocycles. The number of aromatic nitrogens is 2. The molecule has 28 heavy (non-hydrogen) atoms. The van der Waals surface area contributed by atoms with E-state index in [1.807, 2.05) is 6.20 Å². The van der Waals surface area contributed by atoms with Crippen LogP contribution in [-0.2, 0) is 0 Å². The van der Waals surface area contributed by atoms with E-state index in [9.17, 15) is 0 Å². The number of nitrogens with two attached hydrogens (primary N) is 1. The molecule has 0 saturated carbocycles. The number of anilines is 1. The minimum Gasteiger partial charge on any atom is -0.354 e. The number of nitrogens with zero attached hydrogens (tertiary/aromatic N) is 4. The second-order valence-corrected chi connectivity index (χ2v) is 8.83. The Bertz CT molecular complexity index is 885. The molecule has 1 saturated heterocycles. The van der Waals surface area contributed by atoms with Crippen molar-refractivity contribution in [2.24, 2.45) is 5.73 Å². The van der Waals surface area contributed by atoms with Crippen molar-refractivity contribution >= 4 is 39.1 Å². The maximum atomic E-state index is 4.65. The van der Waals surface area contributed by atoms with E-state index in [2.05, 4.69) is 75.9 Å². The standard InChI is InChI=1S/C20H24N4S2.CH5N/c1-14(16-4-6-19-18(12-16)22-15(2)26-19)23-8-10-24(11-9-23)20-7-5-17(25-3)13-21-20;1-2/h4-7,12-14H,8-11H2,1-3H3;2H2,1H3. The number of piperazine rings is 1. The van der Waals surface area contributed by atoms with Crippen molar-refractivity contribution in [1.29, 1.82) is 0 Å². The Labute approximate surface area is 176 Å². The molecule has 3 aromatic rings. The largest absolute Gasteiger partial charge is 0.354 e. The summed E-state index contributed by atoms with van der Waals surface area (Å²) in [5, 5.41) is 1.14. The zero-order valence-electron chi connectivity index (χ0n) is 17.1. The van der Waals surface area contributed by atoms with E-state index in [0.29, 0.717) is 6.04 Å². The van der Waals surface area contributed by atoms with Gasteiger partial charge >= 0.3 is 0 Å². The SMILES string of the molecule is CN.CSc1ccc(N2CCN(C(C)c3ccc4sc(C)nc4c3)CC2)nc1. The fourth-order valence-electron chi connectivity index (χ4n) is 3.55. The van der Waals surface area contributed by atoms with Gasteiger partial charge in [0.05, 0.1) is 15.2 Å². The van der Waals surface area contributed by atoms with Gasteiger partial charge in [-0.05, 0) is 57.0 Å². The van der Waals surface area contributed by atoms with Crippen LogP contribution in [0.2, 0.25) is 0 Å². The third-order valence-electron chi connectivity index (χ3n) is 5.14. The molecule has 0 amide bonds. The van der Waals surface area contributed by atoms with E-state index in [1.165, 1.54) is 22.2 Å². The first-order valence-corrected chi connectivity index (χ1v) is 11.6. The minimum absolute atomic E-state index is 0.412. The molecule has 0 aliphatic carbocycles. The molecule has 1 aliphatic rings. The molecular formula is C21H29N5S2. The number of hydrogen-bond donors (Lipinski definition) is 1. The van der Waals surface area contributed by atoms with Gasteiger partial charge in [-0.3, -0.25) is 4.90 Å². The molecule has 0 bridgehead atoms. The van der Waals surface area contributed by atoms with E-state index >= 15 is 0 Å². The molecular weight excluding hydrogens is 386 g/mol. The predicted molar refractivity (Wildman–Crippen MR) is 123 cm³/mol. The number of thiazole rings is 1. The maximum absolute atomic E-state index is 4.65. The molecule has 3 heterocycles. The van der Waals surface area contributed by atoms with Crippen molar-refractivity contribution in [2.75, 3.05) is 44.4 Å². The molecule has 0 spiro atoms. The number of benzene rings is 1. The van der Waals surface area contributed by atoms with Gasteiger partial charge in [0.25, 0.3) is 0 Å². The van der Waals surface area contributed by atoms with E-state index in [0.717, 1.165) is 42.5 Å². The van der Waals surface area contributed by atoms with Crippen LogP contribution in [0.5, 0.6) is 0 Å². The topological polar surface area (TPSA) is 58.3 Å². The highest BCUT2D eigenvalue weighted by atomic mass is 32.2. The van der Waals surface area contributed by atoms with E-state index in [4.69, 9.17) is 0 Å². The van der Waals surface area contributed by atoms with Crippen LogP contribution in [0.25, 0.3) is 10.2 Å². The van der Waals surface area contributed by atoms with Gasteiger partial charge in [0.2, 0.25) is 0 Å². The molecule has 1 atom stereocenters. The lowest BCUT2D eigenvalue weighted by Crippen LogP contribution is -2.47. The molecule has 1 unspecified atom stereocenters. The van der Waals surface area contributed by atoms with Gasteiger partial charge in [-0.1, -0.05) is 6.07 Å². The summed E-state index contributed by atoms with van der Waals surface area (Å²) in [6.45, 7) is 8.54. The van der Waals surface area contributed by atoms with Crippen LogP contribution < -0.4 is 10.6 Å². The third-order valence-corrected chi connectivity index (χ3v) is 6.81. The molecule has 1 fully saturated rings. The first-order chi connectivity index (χ1) is 13.6. The van der Waals surface area contributed by atoms with Gasteiger partial charge in [0.1, 0.15) is 5.82 Å². The maximum Gasteiger partial charge on any atom is 0.128 e. The molecule has 2 aromatic heterocycles. The van der Waals surface area contributed by atoms with Crippen molar-refractivity contribution in [3.8, 4) is 0 Å². The second kappa shape index (κ2) is 9.69. The summed E-state index contributed by atoms with van der Waals surface area (Å²) in [6, 6.07) is 11.5. The van der Waals surface area contributed by atoms with Gasteiger partial charge in [0.15, 0.2) is 0 Å². The molecule has 5 nitrogen and oxygen atoms in total. The van der Waals surface area contributed by atoms with Gasteiger partial charge < -0.3 is 10.6 Å². The Hall–Kier alpha value is -1.67. The lowest BCUT2D eigenvalue weighted by Gasteiger charge is -2.38. The van der Waals surface area contributed by atoms with Crippen LogP contribution in [0.15, 0.2) is 41.4 Å². The number of pyridine rings is 1. The minimum atomic E-state index is 0.412. The molecule has 7 heteroatoms. The quantitative estimate of drug-likeness (QED) is 0.645. The Morgan fingerprint density at radius 3 is 2.50 bits per heavy atom. The summed E-state index contributed by atoms with van der Waals surface area (Å²) in [4.78, 5) is 15.4. The van der Waals surface area contributed by atoms with Crippen LogP contribution in [0.4, 0.5) is 5.82 Å². The number of thioether (sulfide) groups is 1. The van der Waals surface area contributed by atoms with Gasteiger partial charge in [-0.2, -0.15) is 0 Å². The Balaban J connectivity index is 0.00000109. The highest BCUT2D eigenvalue weighted by Crippen LogP contribution is 2.28. The van der Waals surface area contributed by atoms with Gasteiger partial charge in [-0.25, -0.2) is 9.97 Å². The fraction of sp³-hybridized carbons (Fsp3) is 0.429. The zero-order valence-corrected chi connectivity index (χ0v) is 18.7. The van der Waals surface area contributed by atoms with Crippen LogP contribution in [0.1, 0.15) is 23.5 Å². The Morgan fingerprint density at radius 2 is 1.86 bits per heavy atom. The predicted octanol–water partition coefficient (Wildman–Crippen LogP) is 4.18. The molecule has 150 valence electrons. The summed E-state index contributed by atoms with van der Waals surface area (Å²) in [5.74, 6) is 1.09. The Morgan fingerprint density at radius 1 is 1.11 bits per heavy atom. The van der Waals surface area contributed by atoms with Crippen molar-refractivity contribution in [3.63, 3.8) is 0 Å². The molecule has 1 aliphatic heterocycles.